The normalized spacial score (nSPS) is 31.5. The average Bonchev–Trinajstić information content (AvgIpc) is 3.38. The number of ether oxygens (including phenoxy) is 6. The summed E-state index contributed by atoms with van der Waals surface area (Å²) in [6.07, 6.45) is 0.299. The second-order valence-electron chi connectivity index (χ2n) is 14.2. The van der Waals surface area contributed by atoms with Gasteiger partial charge in [-0.15, -0.1) is 0 Å². The second kappa shape index (κ2) is 17.2. The van der Waals surface area contributed by atoms with Crippen LogP contribution in [0.15, 0.2) is 22.8 Å². The number of carbonyl (C=O) groups excluding carboxylic acids is 6. The van der Waals surface area contributed by atoms with Crippen molar-refractivity contribution in [3.8, 4) is 0 Å². The summed E-state index contributed by atoms with van der Waals surface area (Å²) >= 11 is 0. The Morgan fingerprint density at radius 2 is 1.45 bits per heavy atom. The Kier molecular flexibility index (Phi) is 14.0. The van der Waals surface area contributed by atoms with E-state index in [1.54, 1.807) is 47.6 Å². The maximum Gasteiger partial charge on any atom is 0.343 e. The number of esters is 6. The minimum absolute atomic E-state index is 0.0483. The van der Waals surface area contributed by atoms with Crippen molar-refractivity contribution in [2.45, 2.75) is 174 Å². The van der Waals surface area contributed by atoms with E-state index in [-0.39, 0.29) is 36.0 Å². The number of carbonyl (C=O) groups is 6. The van der Waals surface area contributed by atoms with E-state index in [1.165, 1.54) is 6.92 Å². The Hall–Kier alpha value is -3.74. The van der Waals surface area contributed by atoms with Gasteiger partial charge in [-0.25, -0.2) is 9.59 Å². The van der Waals surface area contributed by atoms with Crippen LogP contribution in [0.4, 0.5) is 0 Å². The highest BCUT2D eigenvalue weighted by Crippen LogP contribution is 2.59. The molecule has 2 aliphatic carbocycles. The third-order valence-electron chi connectivity index (χ3n) is 10.2. The molecule has 8 atom stereocenters. The molecule has 0 amide bonds. The van der Waals surface area contributed by atoms with Gasteiger partial charge in [0.2, 0.25) is 11.2 Å². The van der Waals surface area contributed by atoms with Gasteiger partial charge in [0.1, 0.15) is 5.60 Å². The average molecular weight is 721 g/mol. The lowest BCUT2D eigenvalue weighted by molar-refractivity contribution is -0.229. The third kappa shape index (κ3) is 8.50. The molecule has 1 saturated carbocycles. The topological polar surface area (TPSA) is 178 Å². The molecule has 8 unspecified atom stereocenters. The summed E-state index contributed by atoms with van der Waals surface area (Å²) in [7, 11) is 0. The van der Waals surface area contributed by atoms with E-state index in [0.717, 1.165) is 32.6 Å². The van der Waals surface area contributed by atoms with Crippen molar-refractivity contribution in [2.75, 3.05) is 0 Å². The molecule has 0 aromatic rings. The summed E-state index contributed by atoms with van der Waals surface area (Å²) in [6, 6.07) is 0. The molecular weight excluding hydrogens is 664 g/mol. The number of unbranched alkanes of at least 4 members (excludes halogenated alkanes) is 4. The van der Waals surface area contributed by atoms with Gasteiger partial charge in [0.15, 0.2) is 24.4 Å². The van der Waals surface area contributed by atoms with E-state index in [4.69, 9.17) is 28.4 Å². The molecule has 2 fully saturated rings. The highest BCUT2D eigenvalue weighted by atomic mass is 16.7. The summed E-state index contributed by atoms with van der Waals surface area (Å²) < 4.78 is 36.2. The fourth-order valence-corrected chi connectivity index (χ4v) is 7.54. The highest BCUT2D eigenvalue weighted by molar-refractivity contribution is 5.88. The van der Waals surface area contributed by atoms with Crippen LogP contribution in [0.1, 0.15) is 133 Å². The summed E-state index contributed by atoms with van der Waals surface area (Å²) in [4.78, 5) is 80.0. The van der Waals surface area contributed by atoms with Crippen LogP contribution in [0.3, 0.4) is 0 Å². The first-order chi connectivity index (χ1) is 23.9. The van der Waals surface area contributed by atoms with Gasteiger partial charge in [-0.1, -0.05) is 52.5 Å². The van der Waals surface area contributed by atoms with Gasteiger partial charge in [-0.2, -0.15) is 0 Å². The van der Waals surface area contributed by atoms with Crippen LogP contribution in [0, 0.1) is 5.92 Å². The van der Waals surface area contributed by atoms with Gasteiger partial charge in [0, 0.05) is 38.2 Å². The van der Waals surface area contributed by atoms with Crippen molar-refractivity contribution < 1.29 is 62.3 Å². The van der Waals surface area contributed by atoms with Gasteiger partial charge in [-0.05, 0) is 65.0 Å². The SMILES string of the molecule is CC=C(C)C(=O)OC1C(C)=C2C(C1OC(=O)CCCCCCC)C(C)(OC(C)=O)CC(OC(=O)CCC)C1(OC(=O)CCC)C2OC(=O)C1(C)O. The number of hydrogen-bond acceptors (Lipinski definition) is 13. The number of allylic oxidation sites excluding steroid dienone is 1. The standard InChI is InChI=1S/C38H56O13/c1-10-14-15-16-17-20-27(41)47-32-30-29(23(6)31(32)48-34(43)22(5)13-4)33-38(51-28(42)19-12-3,37(9,45)35(44)49-33)25(46-26(40)18-11-2)21-36(30,8)50-24(7)39/h13,25,30-33,45H,10-12,14-21H2,1-9H3. The second-order valence-corrected chi connectivity index (χ2v) is 14.2. The molecule has 0 bridgehead atoms. The van der Waals surface area contributed by atoms with E-state index in [9.17, 15) is 33.9 Å². The lowest BCUT2D eigenvalue weighted by Crippen LogP contribution is -2.66. The first-order valence-electron chi connectivity index (χ1n) is 18.2. The molecule has 1 aliphatic heterocycles. The summed E-state index contributed by atoms with van der Waals surface area (Å²) in [6.45, 7) is 14.2. The van der Waals surface area contributed by atoms with Gasteiger partial charge in [-0.3, -0.25) is 19.2 Å². The molecule has 0 radical (unpaired) electrons. The zero-order chi connectivity index (χ0) is 38.3. The zero-order valence-corrected chi connectivity index (χ0v) is 31.6. The van der Waals surface area contributed by atoms with Crippen LogP contribution < -0.4 is 0 Å². The van der Waals surface area contributed by atoms with E-state index in [0.29, 0.717) is 19.3 Å². The highest BCUT2D eigenvalue weighted by Gasteiger charge is 2.78. The van der Waals surface area contributed by atoms with Crippen LogP contribution in [0.2, 0.25) is 0 Å². The fourth-order valence-electron chi connectivity index (χ4n) is 7.54. The molecule has 1 heterocycles. The predicted molar refractivity (Wildman–Crippen MR) is 183 cm³/mol. The van der Waals surface area contributed by atoms with Crippen molar-refractivity contribution in [1.82, 2.24) is 0 Å². The van der Waals surface area contributed by atoms with Gasteiger partial charge >= 0.3 is 35.8 Å². The van der Waals surface area contributed by atoms with Gasteiger partial charge < -0.3 is 33.5 Å². The number of fused-ring (bicyclic) bond motifs is 3. The monoisotopic (exact) mass is 720 g/mol. The van der Waals surface area contributed by atoms with Crippen molar-refractivity contribution in [2.24, 2.45) is 5.92 Å². The zero-order valence-electron chi connectivity index (χ0n) is 31.6. The largest absolute Gasteiger partial charge is 0.459 e. The van der Waals surface area contributed by atoms with E-state index in [1.807, 2.05) is 0 Å². The molecule has 1 N–H and O–H groups in total. The number of aliphatic hydroxyl groups is 1. The quantitative estimate of drug-likeness (QED) is 0.0717. The van der Waals surface area contributed by atoms with Crippen molar-refractivity contribution in [1.29, 1.82) is 0 Å². The first-order valence-corrected chi connectivity index (χ1v) is 18.2. The molecule has 1 saturated heterocycles. The summed E-state index contributed by atoms with van der Waals surface area (Å²) in [5.41, 5.74) is -6.01. The molecule has 0 aromatic carbocycles. The molecular formula is C38H56O13. The fraction of sp³-hybridized carbons (Fsp3) is 0.737. The van der Waals surface area contributed by atoms with Crippen LogP contribution in [-0.4, -0.2) is 82.1 Å². The van der Waals surface area contributed by atoms with Crippen LogP contribution in [0.25, 0.3) is 0 Å². The molecule has 0 aromatic heterocycles. The number of hydrogen-bond donors (Lipinski definition) is 1. The van der Waals surface area contributed by atoms with E-state index < -0.39 is 89.4 Å². The Morgan fingerprint density at radius 1 is 0.843 bits per heavy atom. The molecule has 286 valence electrons. The predicted octanol–water partition coefficient (Wildman–Crippen LogP) is 5.28. The lowest BCUT2D eigenvalue weighted by Gasteiger charge is -2.44. The van der Waals surface area contributed by atoms with Crippen molar-refractivity contribution in [3.05, 3.63) is 22.8 Å². The van der Waals surface area contributed by atoms with Crippen LogP contribution in [-0.2, 0) is 57.2 Å². The van der Waals surface area contributed by atoms with Crippen LogP contribution in [0.5, 0.6) is 0 Å². The molecule has 3 rings (SSSR count). The Balaban J connectivity index is 2.36. The molecule has 51 heavy (non-hydrogen) atoms. The molecule has 0 spiro atoms. The maximum atomic E-state index is 13.7. The van der Waals surface area contributed by atoms with Gasteiger partial charge in [0.05, 0.1) is 5.92 Å². The van der Waals surface area contributed by atoms with E-state index in [2.05, 4.69) is 6.92 Å². The Labute approximate surface area is 300 Å². The minimum atomic E-state index is -2.58. The van der Waals surface area contributed by atoms with Crippen molar-refractivity contribution in [3.63, 3.8) is 0 Å². The molecule has 3 aliphatic rings. The van der Waals surface area contributed by atoms with Crippen molar-refractivity contribution >= 4 is 35.8 Å². The molecule has 13 nitrogen and oxygen atoms in total. The summed E-state index contributed by atoms with van der Waals surface area (Å²) in [5, 5.41) is 12.1. The lowest BCUT2D eigenvalue weighted by atomic mass is 9.75. The number of rotatable bonds is 16. The van der Waals surface area contributed by atoms with Gasteiger partial charge in [0.25, 0.3) is 0 Å². The smallest absolute Gasteiger partial charge is 0.343 e. The minimum Gasteiger partial charge on any atom is -0.459 e. The maximum absolute atomic E-state index is 13.7. The molecule has 13 heteroatoms. The third-order valence-corrected chi connectivity index (χ3v) is 10.2. The van der Waals surface area contributed by atoms with E-state index >= 15 is 0 Å². The first kappa shape index (κ1) is 41.7. The van der Waals surface area contributed by atoms with Crippen LogP contribution >= 0.6 is 0 Å². The Bertz CT molecular complexity index is 1410. The Morgan fingerprint density at radius 3 is 2.04 bits per heavy atom. The summed E-state index contributed by atoms with van der Waals surface area (Å²) in [5.74, 6) is -5.91.